The Balaban J connectivity index is 1.53. The molecule has 8 heteroatoms. The maximum atomic E-state index is 14.0. The zero-order chi connectivity index (χ0) is 17.7. The highest BCUT2D eigenvalue weighted by atomic mass is 19.1. The van der Waals surface area contributed by atoms with E-state index in [0.29, 0.717) is 12.1 Å². The Morgan fingerprint density at radius 3 is 2.80 bits per heavy atom. The second kappa shape index (κ2) is 5.89. The maximum Gasteiger partial charge on any atom is 0.259 e. The molecule has 25 heavy (non-hydrogen) atoms. The normalized spacial score (nSPS) is 31.8. The van der Waals surface area contributed by atoms with Gasteiger partial charge in [0.15, 0.2) is 0 Å². The Morgan fingerprint density at radius 2 is 2.08 bits per heavy atom. The summed E-state index contributed by atoms with van der Waals surface area (Å²) in [5.74, 6) is -2.23. The van der Waals surface area contributed by atoms with Crippen molar-refractivity contribution in [1.29, 1.82) is 0 Å². The zero-order valence-corrected chi connectivity index (χ0v) is 13.2. The van der Waals surface area contributed by atoms with Gasteiger partial charge in [-0.25, -0.2) is 8.78 Å². The first-order chi connectivity index (χ1) is 12.0. The van der Waals surface area contributed by atoms with Crippen LogP contribution in [0.15, 0.2) is 30.0 Å². The monoisotopic (exact) mass is 349 g/mol. The number of hydrogen-bond donors (Lipinski definition) is 2. The van der Waals surface area contributed by atoms with Crippen LogP contribution in [0.2, 0.25) is 0 Å². The predicted octanol–water partition coefficient (Wildman–Crippen LogP) is 0.594. The molecule has 0 aromatic heterocycles. The topological polar surface area (TPSA) is 84.7 Å². The molecule has 3 aliphatic heterocycles. The van der Waals surface area contributed by atoms with E-state index in [0.717, 1.165) is 18.2 Å². The number of carbonyl (C=O) groups is 2. The predicted molar refractivity (Wildman–Crippen MR) is 82.9 cm³/mol. The lowest BCUT2D eigenvalue weighted by molar-refractivity contribution is -0.147. The number of rotatable bonds is 2. The molecule has 1 aromatic rings. The van der Waals surface area contributed by atoms with Crippen molar-refractivity contribution in [2.75, 3.05) is 13.2 Å². The average molecular weight is 349 g/mol. The minimum atomic E-state index is -0.819. The maximum absolute atomic E-state index is 14.0. The highest BCUT2D eigenvalue weighted by molar-refractivity contribution is 6.15. The Kier molecular flexibility index (Phi) is 3.81. The summed E-state index contributed by atoms with van der Waals surface area (Å²) in [5, 5.41) is 2.89. The van der Waals surface area contributed by atoms with Gasteiger partial charge in [0.05, 0.1) is 18.6 Å². The van der Waals surface area contributed by atoms with E-state index in [1.165, 1.54) is 4.90 Å². The molecule has 4 atom stereocenters. The summed E-state index contributed by atoms with van der Waals surface area (Å²) >= 11 is 0. The van der Waals surface area contributed by atoms with Crippen LogP contribution in [0.5, 0.6) is 0 Å². The first-order valence-corrected chi connectivity index (χ1v) is 8.10. The summed E-state index contributed by atoms with van der Waals surface area (Å²) in [5.41, 5.74) is 6.61. The van der Waals surface area contributed by atoms with E-state index in [1.807, 2.05) is 0 Å². The van der Waals surface area contributed by atoms with E-state index < -0.39 is 35.7 Å². The number of ether oxygens (including phenoxy) is 1. The van der Waals surface area contributed by atoms with Gasteiger partial charge in [-0.05, 0) is 24.6 Å². The van der Waals surface area contributed by atoms with Gasteiger partial charge >= 0.3 is 0 Å². The minimum absolute atomic E-state index is 0.0409. The molecule has 2 saturated heterocycles. The smallest absolute Gasteiger partial charge is 0.259 e. The van der Waals surface area contributed by atoms with E-state index in [-0.39, 0.29) is 30.4 Å². The van der Waals surface area contributed by atoms with Gasteiger partial charge in [-0.1, -0.05) is 0 Å². The second-order valence-electron chi connectivity index (χ2n) is 6.55. The van der Waals surface area contributed by atoms with Crippen LogP contribution in [0.25, 0.3) is 0 Å². The first-order valence-electron chi connectivity index (χ1n) is 8.10. The van der Waals surface area contributed by atoms with Gasteiger partial charge in [-0.15, -0.1) is 0 Å². The highest BCUT2D eigenvalue weighted by Crippen LogP contribution is 2.35. The standard InChI is InChI=1S/C17H17F2N3O3/c18-8-1-2-13(19)10(3-8)15-14(20)4-9(7-25-15)22-16(23)11-5-21-6-12(11)17(22)24/h1-3,5,9,12,14-15,21H,4,6-7,20H2/t9-,12?,14+,15-/m1/s1. The third-order valence-corrected chi connectivity index (χ3v) is 4.99. The molecule has 4 rings (SSSR count). The van der Waals surface area contributed by atoms with Crippen molar-refractivity contribution in [2.45, 2.75) is 24.6 Å². The SMILES string of the molecule is N[C@H]1C[C@@H](N2C(=O)C3=CNCC3C2=O)CO[C@@H]1c1cc(F)ccc1F. The van der Waals surface area contributed by atoms with Gasteiger partial charge in [-0.3, -0.25) is 14.5 Å². The third kappa shape index (κ3) is 2.52. The van der Waals surface area contributed by atoms with Crippen LogP contribution in [0.3, 0.4) is 0 Å². The molecule has 0 bridgehead atoms. The van der Waals surface area contributed by atoms with Gasteiger partial charge in [0.25, 0.3) is 5.91 Å². The van der Waals surface area contributed by atoms with Gasteiger partial charge in [0.1, 0.15) is 17.7 Å². The Bertz CT molecular complexity index is 782. The zero-order valence-electron chi connectivity index (χ0n) is 13.2. The van der Waals surface area contributed by atoms with Crippen molar-refractivity contribution < 1.29 is 23.1 Å². The lowest BCUT2D eigenvalue weighted by atomic mass is 9.93. The number of imide groups is 1. The molecule has 3 N–H and O–H groups in total. The molecule has 132 valence electrons. The largest absolute Gasteiger partial charge is 0.389 e. The van der Waals surface area contributed by atoms with E-state index >= 15 is 0 Å². The van der Waals surface area contributed by atoms with Crippen LogP contribution in [-0.2, 0) is 14.3 Å². The number of amides is 2. The van der Waals surface area contributed by atoms with E-state index in [4.69, 9.17) is 10.5 Å². The van der Waals surface area contributed by atoms with Gasteiger partial charge in [-0.2, -0.15) is 0 Å². The van der Waals surface area contributed by atoms with Crippen LogP contribution in [0.1, 0.15) is 18.1 Å². The number of carbonyl (C=O) groups excluding carboxylic acids is 2. The summed E-state index contributed by atoms with van der Waals surface area (Å²) in [6, 6.07) is 1.95. The van der Waals surface area contributed by atoms with Crippen LogP contribution in [0.4, 0.5) is 8.78 Å². The summed E-state index contributed by atoms with van der Waals surface area (Å²) in [7, 11) is 0. The average Bonchev–Trinajstić information content (AvgIpc) is 3.14. The van der Waals surface area contributed by atoms with Crippen LogP contribution in [-0.4, -0.2) is 41.9 Å². The summed E-state index contributed by atoms with van der Waals surface area (Å²) in [6.07, 6.45) is 1.02. The first kappa shape index (κ1) is 16.2. The molecule has 3 aliphatic rings. The number of likely N-dealkylation sites (tertiary alicyclic amines) is 1. The van der Waals surface area contributed by atoms with Crippen molar-refractivity contribution in [2.24, 2.45) is 11.7 Å². The van der Waals surface area contributed by atoms with Crippen molar-refractivity contribution >= 4 is 11.8 Å². The Hall–Kier alpha value is -2.32. The molecule has 0 saturated carbocycles. The fraction of sp³-hybridized carbons (Fsp3) is 0.412. The van der Waals surface area contributed by atoms with Gasteiger partial charge in [0.2, 0.25) is 5.91 Å². The van der Waals surface area contributed by atoms with Crippen molar-refractivity contribution in [3.63, 3.8) is 0 Å². The lowest BCUT2D eigenvalue weighted by Gasteiger charge is -2.38. The summed E-state index contributed by atoms with van der Waals surface area (Å²) in [6.45, 7) is 0.451. The molecule has 0 aliphatic carbocycles. The molecule has 0 radical (unpaired) electrons. The minimum Gasteiger partial charge on any atom is -0.389 e. The molecule has 2 amide bonds. The van der Waals surface area contributed by atoms with Gasteiger partial charge < -0.3 is 15.8 Å². The Labute approximate surface area is 142 Å². The fourth-order valence-electron chi connectivity index (χ4n) is 3.76. The van der Waals surface area contributed by atoms with Crippen LogP contribution >= 0.6 is 0 Å². The number of nitrogens with zero attached hydrogens (tertiary/aromatic N) is 1. The molecule has 1 aromatic carbocycles. The molecule has 6 nitrogen and oxygen atoms in total. The van der Waals surface area contributed by atoms with E-state index in [9.17, 15) is 18.4 Å². The molecular formula is C17H17F2N3O3. The quantitative estimate of drug-likeness (QED) is 0.764. The molecule has 3 heterocycles. The molecule has 2 fully saturated rings. The number of nitrogens with two attached hydrogens (primary N) is 1. The van der Waals surface area contributed by atoms with Crippen LogP contribution in [0, 0.1) is 17.6 Å². The third-order valence-electron chi connectivity index (χ3n) is 4.99. The Morgan fingerprint density at radius 1 is 1.28 bits per heavy atom. The summed E-state index contributed by atoms with van der Waals surface area (Å²) < 4.78 is 33.0. The lowest BCUT2D eigenvalue weighted by Crippen LogP contribution is -2.51. The molecule has 1 unspecified atom stereocenters. The number of fused-ring (bicyclic) bond motifs is 1. The number of benzene rings is 1. The number of nitrogens with one attached hydrogen (secondary N) is 1. The molecular weight excluding hydrogens is 332 g/mol. The summed E-state index contributed by atoms with van der Waals surface area (Å²) in [4.78, 5) is 26.1. The van der Waals surface area contributed by atoms with E-state index in [2.05, 4.69) is 5.32 Å². The van der Waals surface area contributed by atoms with Crippen LogP contribution < -0.4 is 11.1 Å². The highest BCUT2D eigenvalue weighted by Gasteiger charge is 2.49. The fourth-order valence-corrected chi connectivity index (χ4v) is 3.76. The number of halogens is 2. The number of hydrogen-bond acceptors (Lipinski definition) is 5. The van der Waals surface area contributed by atoms with E-state index in [1.54, 1.807) is 6.20 Å². The second-order valence-corrected chi connectivity index (χ2v) is 6.55. The molecule has 0 spiro atoms. The van der Waals surface area contributed by atoms with Crippen molar-refractivity contribution in [1.82, 2.24) is 10.2 Å². The van der Waals surface area contributed by atoms with Gasteiger partial charge in [0, 0.05) is 29.9 Å². The van der Waals surface area contributed by atoms with Crippen molar-refractivity contribution in [3.8, 4) is 0 Å². The van der Waals surface area contributed by atoms with Crippen molar-refractivity contribution in [3.05, 3.63) is 47.2 Å².